The minimum Gasteiger partial charge on any atom is -0.370 e. The minimum absolute atomic E-state index is 0.00292. The summed E-state index contributed by atoms with van der Waals surface area (Å²) < 4.78 is 102. The molecule has 35 heteroatoms. The predicted octanol–water partition coefficient (Wildman–Crippen LogP) is 11.5. The smallest absolute Gasteiger partial charge is 0.245 e. The van der Waals surface area contributed by atoms with E-state index in [2.05, 4.69) is 156 Å². The zero-order valence-corrected chi connectivity index (χ0v) is 71.8. The standard InChI is InChI=1S/C20H30BrN5O4S.C20H29BrN4O3S.C19H28BrN5O4S.C17H24N4/c1-3-26(4-2)12-5-13-31(28,29)25-17(10-11-18(22)27)20-23-19(24-30-20)14-15-6-8-16(21)9-7-15;1-3-24(4-2)12-6-14-29(26,27)25-13-5-7-18(25)20-22-19(23-28-20)15-16-8-10-17(21)11-9-16;1-3-25(4-2)10-5-11-30(27,28)24-16(13-17(21)26)19-22-18(23-29-19)12-14-6-8-15(20)9-7-14;18-15(12-11-13-7-3-1-4-8-13)17-19-16(20-21-17)14-9-5-2-6-10-14/h6-9,17,25H,3-5,10-14H2,1-2H3,(H2,22,27);8-11,18H,3-7,12-15H2,1-2H3;6-9,16,24H,3-5,10-13H2,1-2H3,(H2,21,26);1,3-4,7-8,14-15H,2,5-6,9-12,18H2,(H,19,20,21)/t17-;18-;16-;15-/m1011/s1. The number of carbonyl (C=O) groups is 2. The molecule has 8 aromatic rings. The SMILES string of the molecule is CCN(CC)CCCS(=O)(=O)N1CCC[C@H]1c1nc(Cc2ccc(Br)cc2)no1.CCN(CC)CCCS(=O)(=O)N[C@H](CC(N)=O)c1nc(Cc2ccc(Br)cc2)no1.CCN(CC)CCCS(=O)(=O)N[C@H](CCC(N)=O)c1nc(Cc2ccc(Br)cc2)no1.N[C@H](CCc1ccccc1)c1nc(C2CCCCC2)n[nH]1. The molecule has 4 atom stereocenters. The summed E-state index contributed by atoms with van der Waals surface area (Å²) in [6, 6.07) is 31.5. The molecule has 10 rings (SSSR count). The number of benzene rings is 4. The molecule has 0 bridgehead atoms. The Morgan fingerprint density at radius 3 is 1.46 bits per heavy atom. The van der Waals surface area contributed by atoms with Crippen molar-refractivity contribution in [2.24, 2.45) is 17.2 Å². The van der Waals surface area contributed by atoms with Gasteiger partial charge in [0.25, 0.3) is 0 Å². The second kappa shape index (κ2) is 47.3. The number of aromatic nitrogens is 9. The average molecular weight is 1790 g/mol. The summed E-state index contributed by atoms with van der Waals surface area (Å²) in [5, 5.41) is 19.4. The van der Waals surface area contributed by atoms with Gasteiger partial charge < -0.3 is 45.5 Å². The molecule has 4 aromatic carbocycles. The molecule has 1 aliphatic heterocycles. The Labute approximate surface area is 679 Å². The number of rotatable bonds is 42. The Bertz CT molecular complexity index is 4370. The number of carbonyl (C=O) groups excluding carboxylic acids is 2. The topological polar surface area (TPSA) is 410 Å². The van der Waals surface area contributed by atoms with Crippen LogP contribution in [-0.2, 0) is 65.3 Å². The van der Waals surface area contributed by atoms with Gasteiger partial charge in [-0.2, -0.15) is 24.4 Å². The second-order valence-electron chi connectivity index (χ2n) is 27.5. The van der Waals surface area contributed by atoms with Crippen LogP contribution in [0.15, 0.2) is 130 Å². The Balaban J connectivity index is 0.000000207. The van der Waals surface area contributed by atoms with Crippen molar-refractivity contribution in [3.8, 4) is 0 Å². The minimum atomic E-state index is -3.66. The van der Waals surface area contributed by atoms with Crippen molar-refractivity contribution in [2.75, 3.05) is 82.7 Å². The number of hydrogen-bond donors (Lipinski definition) is 6. The summed E-state index contributed by atoms with van der Waals surface area (Å²) in [7, 11) is -10.6. The quantitative estimate of drug-likeness (QED) is 0.0207. The van der Waals surface area contributed by atoms with Crippen LogP contribution in [-0.4, -0.2) is 184 Å². The fourth-order valence-electron chi connectivity index (χ4n) is 12.8. The van der Waals surface area contributed by atoms with Gasteiger partial charge in [0, 0.05) is 51.6 Å². The van der Waals surface area contributed by atoms with E-state index in [1.165, 1.54) is 37.7 Å². The van der Waals surface area contributed by atoms with Gasteiger partial charge in [-0.15, -0.1) is 0 Å². The van der Waals surface area contributed by atoms with Crippen LogP contribution >= 0.6 is 47.8 Å². The molecule has 1 saturated heterocycles. The maximum absolute atomic E-state index is 12.9. The molecule has 2 fully saturated rings. The number of nitrogens with two attached hydrogens (primary N) is 3. The number of nitrogens with zero attached hydrogens (tertiary/aromatic N) is 12. The molecule has 111 heavy (non-hydrogen) atoms. The van der Waals surface area contributed by atoms with Crippen molar-refractivity contribution in [2.45, 2.75) is 187 Å². The van der Waals surface area contributed by atoms with Crippen LogP contribution in [0.2, 0.25) is 0 Å². The Kier molecular flexibility index (Phi) is 39.0. The number of amides is 2. The highest BCUT2D eigenvalue weighted by Gasteiger charge is 2.38. The highest BCUT2D eigenvalue weighted by Crippen LogP contribution is 2.35. The van der Waals surface area contributed by atoms with Gasteiger partial charge in [0.15, 0.2) is 23.3 Å². The summed E-state index contributed by atoms with van der Waals surface area (Å²) >= 11 is 10.2. The van der Waals surface area contributed by atoms with Crippen molar-refractivity contribution < 1.29 is 48.4 Å². The van der Waals surface area contributed by atoms with Gasteiger partial charge in [-0.05, 0) is 182 Å². The first kappa shape index (κ1) is 91.6. The van der Waals surface area contributed by atoms with Gasteiger partial charge in [-0.25, -0.2) is 39.7 Å². The van der Waals surface area contributed by atoms with E-state index in [1.54, 1.807) is 4.31 Å². The maximum Gasteiger partial charge on any atom is 0.245 e. The molecule has 2 aliphatic rings. The van der Waals surface area contributed by atoms with Crippen LogP contribution in [0.5, 0.6) is 0 Å². The van der Waals surface area contributed by atoms with Crippen LogP contribution < -0.4 is 26.6 Å². The Morgan fingerprint density at radius 1 is 0.541 bits per heavy atom. The maximum atomic E-state index is 12.9. The van der Waals surface area contributed by atoms with Crippen molar-refractivity contribution >= 4 is 89.7 Å². The molecule has 0 spiro atoms. The predicted molar refractivity (Wildman–Crippen MR) is 439 cm³/mol. The van der Waals surface area contributed by atoms with E-state index in [-0.39, 0.29) is 60.4 Å². The number of halogens is 3. The third kappa shape index (κ3) is 32.7. The summed E-state index contributed by atoms with van der Waals surface area (Å²) in [6.07, 6.45) is 12.7. The van der Waals surface area contributed by atoms with Gasteiger partial charge >= 0.3 is 0 Å². The van der Waals surface area contributed by atoms with E-state index >= 15 is 0 Å². The molecule has 1 saturated carbocycles. The molecule has 1 aliphatic carbocycles. The number of aromatic amines is 1. The fourth-order valence-corrected chi connectivity index (χ4v) is 17.9. The summed E-state index contributed by atoms with van der Waals surface area (Å²) in [6.45, 7) is 20.3. The molecule has 4 aromatic heterocycles. The average Bonchev–Trinajstić information content (AvgIpc) is 1.66. The first-order valence-electron chi connectivity index (χ1n) is 38.3. The van der Waals surface area contributed by atoms with Crippen LogP contribution in [0.25, 0.3) is 0 Å². The van der Waals surface area contributed by atoms with Crippen molar-refractivity contribution in [3.63, 3.8) is 0 Å². The lowest BCUT2D eigenvalue weighted by Crippen LogP contribution is -2.35. The summed E-state index contributed by atoms with van der Waals surface area (Å²) in [4.78, 5) is 47.0. The van der Waals surface area contributed by atoms with Crippen molar-refractivity contribution in [3.05, 3.63) is 186 Å². The Morgan fingerprint density at radius 2 is 0.991 bits per heavy atom. The van der Waals surface area contributed by atoms with Gasteiger partial charge in [0.2, 0.25) is 59.6 Å². The van der Waals surface area contributed by atoms with Crippen LogP contribution in [0.4, 0.5) is 0 Å². The molecular formula is C76H111Br3N18O11S3. The highest BCUT2D eigenvalue weighted by molar-refractivity contribution is 9.11. The molecule has 0 unspecified atom stereocenters. The zero-order chi connectivity index (χ0) is 80.4. The largest absolute Gasteiger partial charge is 0.370 e. The van der Waals surface area contributed by atoms with Gasteiger partial charge in [0.05, 0.1) is 29.7 Å². The molecule has 610 valence electrons. The van der Waals surface area contributed by atoms with Crippen molar-refractivity contribution in [1.29, 1.82) is 0 Å². The van der Waals surface area contributed by atoms with Gasteiger partial charge in [-0.3, -0.25) is 14.7 Å². The van der Waals surface area contributed by atoms with E-state index in [9.17, 15) is 34.8 Å². The van der Waals surface area contributed by atoms with E-state index in [0.29, 0.717) is 87.4 Å². The lowest BCUT2D eigenvalue weighted by atomic mass is 9.89. The third-order valence-electron chi connectivity index (χ3n) is 19.2. The van der Waals surface area contributed by atoms with Crippen LogP contribution in [0.3, 0.4) is 0 Å². The molecule has 2 amide bonds. The molecule has 29 nitrogen and oxygen atoms in total. The van der Waals surface area contributed by atoms with E-state index < -0.39 is 54.0 Å². The number of aryl methyl sites for hydroxylation is 1. The van der Waals surface area contributed by atoms with E-state index in [4.69, 9.17) is 30.8 Å². The molecule has 0 radical (unpaired) electrons. The monoisotopic (exact) mass is 1780 g/mol. The van der Waals surface area contributed by atoms with Gasteiger partial charge in [-0.1, -0.05) is 191 Å². The van der Waals surface area contributed by atoms with Crippen molar-refractivity contribution in [1.82, 2.24) is 74.1 Å². The zero-order valence-electron chi connectivity index (χ0n) is 64.6. The van der Waals surface area contributed by atoms with Crippen LogP contribution in [0, 0.1) is 0 Å². The number of H-pyrrole nitrogens is 1. The molecule has 5 heterocycles. The highest BCUT2D eigenvalue weighted by atomic mass is 79.9. The van der Waals surface area contributed by atoms with E-state index in [0.717, 1.165) is 113 Å². The normalized spacial score (nSPS) is 15.2. The lowest BCUT2D eigenvalue weighted by molar-refractivity contribution is -0.119. The molecule has 9 N–H and O–H groups in total. The first-order chi connectivity index (χ1) is 53.2. The van der Waals surface area contributed by atoms with Gasteiger partial charge in [0.1, 0.15) is 23.9 Å². The number of hydrogen-bond acceptors (Lipinski definition) is 23. The summed E-state index contributed by atoms with van der Waals surface area (Å²) in [5.41, 5.74) is 21.2. The first-order valence-corrected chi connectivity index (χ1v) is 45.6. The van der Waals surface area contributed by atoms with Crippen LogP contribution in [0.1, 0.15) is 231 Å². The lowest BCUT2D eigenvalue weighted by Gasteiger charge is -2.22. The number of nitrogens with one attached hydrogen (secondary N) is 3. The third-order valence-corrected chi connectivity index (χ3v) is 25.7. The number of sulfonamides is 3. The van der Waals surface area contributed by atoms with E-state index in [1.807, 2.05) is 107 Å². The number of primary amides is 2. The summed E-state index contributed by atoms with van der Waals surface area (Å²) in [5.74, 6) is 3.15. The Hall–Kier alpha value is -6.61. The molecular weight excluding hydrogens is 1680 g/mol. The second-order valence-corrected chi connectivity index (χ2v) is 36.0. The fraction of sp³-hybridized carbons (Fsp3) is 0.553.